The molecule has 0 aromatic carbocycles. The van der Waals surface area contributed by atoms with E-state index < -0.39 is 35.7 Å². The standard InChI is InChI=1S/C10H16O7/c1-5(11)10(14,6(2)12)8-7(9(13)15-3)16-4-17-8/h5,7-8,11,14H,4H2,1-3H3/t5?,7-,8?,10?/m1/s1. The lowest BCUT2D eigenvalue weighted by atomic mass is 9.84. The minimum atomic E-state index is -2.20. The lowest BCUT2D eigenvalue weighted by molar-refractivity contribution is -0.176. The van der Waals surface area contributed by atoms with Crippen LogP contribution in [0.1, 0.15) is 13.8 Å². The van der Waals surface area contributed by atoms with E-state index in [-0.39, 0.29) is 6.79 Å². The van der Waals surface area contributed by atoms with Gasteiger partial charge in [-0.05, 0) is 13.8 Å². The largest absolute Gasteiger partial charge is 0.467 e. The second-order valence-electron chi connectivity index (χ2n) is 3.87. The highest BCUT2D eigenvalue weighted by Crippen LogP contribution is 2.29. The Bertz CT molecular complexity index is 314. The van der Waals surface area contributed by atoms with Gasteiger partial charge in [-0.25, -0.2) is 4.79 Å². The summed E-state index contributed by atoms with van der Waals surface area (Å²) in [6.07, 6.45) is -3.92. The van der Waals surface area contributed by atoms with Crippen molar-refractivity contribution in [3.8, 4) is 0 Å². The van der Waals surface area contributed by atoms with Crippen LogP contribution >= 0.6 is 0 Å². The Balaban J connectivity index is 3.03. The summed E-state index contributed by atoms with van der Waals surface area (Å²) in [6.45, 7) is 2.08. The fourth-order valence-corrected chi connectivity index (χ4v) is 1.76. The minimum absolute atomic E-state index is 0.257. The molecule has 7 nitrogen and oxygen atoms in total. The van der Waals surface area contributed by atoms with Gasteiger partial charge in [-0.3, -0.25) is 4.79 Å². The highest BCUT2D eigenvalue weighted by molar-refractivity contribution is 5.88. The van der Waals surface area contributed by atoms with Crippen LogP contribution in [0.4, 0.5) is 0 Å². The number of rotatable bonds is 4. The average Bonchev–Trinajstić information content (AvgIpc) is 2.75. The molecule has 0 spiro atoms. The van der Waals surface area contributed by atoms with E-state index in [1.807, 2.05) is 0 Å². The Morgan fingerprint density at radius 2 is 2.06 bits per heavy atom. The second kappa shape index (κ2) is 5.09. The van der Waals surface area contributed by atoms with Crippen LogP contribution in [-0.4, -0.2) is 59.8 Å². The van der Waals surface area contributed by atoms with Crippen LogP contribution in [0.3, 0.4) is 0 Å². The quantitative estimate of drug-likeness (QED) is 0.590. The summed E-state index contributed by atoms with van der Waals surface area (Å²) in [6, 6.07) is 0. The predicted molar refractivity (Wildman–Crippen MR) is 53.9 cm³/mol. The molecule has 1 fully saturated rings. The van der Waals surface area contributed by atoms with Gasteiger partial charge in [0.2, 0.25) is 0 Å². The number of aliphatic hydroxyl groups is 2. The molecule has 98 valence electrons. The zero-order valence-electron chi connectivity index (χ0n) is 9.87. The number of methoxy groups -OCH3 is 1. The van der Waals surface area contributed by atoms with Crippen LogP contribution in [-0.2, 0) is 23.8 Å². The Hall–Kier alpha value is -1.02. The van der Waals surface area contributed by atoms with E-state index in [0.29, 0.717) is 0 Å². The number of ketones is 1. The SMILES string of the molecule is COC(=O)[C@@H]1OCOC1C(O)(C(C)=O)C(C)O. The van der Waals surface area contributed by atoms with Crippen molar-refractivity contribution in [1.82, 2.24) is 0 Å². The number of ether oxygens (including phenoxy) is 3. The molecule has 1 rings (SSSR count). The van der Waals surface area contributed by atoms with Gasteiger partial charge in [0, 0.05) is 0 Å². The molecule has 3 unspecified atom stereocenters. The highest BCUT2D eigenvalue weighted by Gasteiger charge is 2.55. The Kier molecular flexibility index (Phi) is 4.21. The summed E-state index contributed by atoms with van der Waals surface area (Å²) >= 11 is 0. The Morgan fingerprint density at radius 1 is 1.47 bits per heavy atom. The first kappa shape index (κ1) is 14.0. The van der Waals surface area contributed by atoms with E-state index >= 15 is 0 Å². The molecule has 0 bridgehead atoms. The predicted octanol–water partition coefficient (Wildman–Crippen LogP) is -1.40. The normalized spacial score (nSPS) is 29.5. The number of Topliss-reactive ketones (excluding diaryl/α,β-unsaturated/α-hetero) is 1. The van der Waals surface area contributed by atoms with Crippen LogP contribution in [0.25, 0.3) is 0 Å². The third-order valence-electron chi connectivity index (χ3n) is 2.84. The number of hydrogen-bond acceptors (Lipinski definition) is 7. The molecule has 2 N–H and O–H groups in total. The van der Waals surface area contributed by atoms with Crippen molar-refractivity contribution in [2.75, 3.05) is 13.9 Å². The first-order valence-corrected chi connectivity index (χ1v) is 5.08. The third kappa shape index (κ3) is 2.32. The molecule has 1 heterocycles. The topological polar surface area (TPSA) is 102 Å². The summed E-state index contributed by atoms with van der Waals surface area (Å²) in [5, 5.41) is 19.7. The maximum absolute atomic E-state index is 11.5. The fourth-order valence-electron chi connectivity index (χ4n) is 1.76. The van der Waals surface area contributed by atoms with Gasteiger partial charge in [0.1, 0.15) is 12.9 Å². The molecule has 0 saturated carbocycles. The van der Waals surface area contributed by atoms with Crippen LogP contribution in [0.15, 0.2) is 0 Å². The molecular formula is C10H16O7. The molecule has 1 saturated heterocycles. The van der Waals surface area contributed by atoms with Crippen molar-refractivity contribution in [2.45, 2.75) is 37.8 Å². The van der Waals surface area contributed by atoms with Gasteiger partial charge in [0.15, 0.2) is 17.5 Å². The number of carbonyl (C=O) groups is 2. The van der Waals surface area contributed by atoms with Crippen LogP contribution in [0, 0.1) is 0 Å². The number of carbonyl (C=O) groups excluding carboxylic acids is 2. The molecular weight excluding hydrogens is 232 g/mol. The maximum Gasteiger partial charge on any atom is 0.337 e. The first-order valence-electron chi connectivity index (χ1n) is 5.08. The van der Waals surface area contributed by atoms with Crippen molar-refractivity contribution < 1.29 is 34.0 Å². The lowest BCUT2D eigenvalue weighted by Crippen LogP contribution is -2.60. The van der Waals surface area contributed by atoms with Crippen LogP contribution < -0.4 is 0 Å². The van der Waals surface area contributed by atoms with Crippen molar-refractivity contribution in [1.29, 1.82) is 0 Å². The van der Waals surface area contributed by atoms with Gasteiger partial charge in [0.25, 0.3) is 0 Å². The summed E-state index contributed by atoms with van der Waals surface area (Å²) in [5.41, 5.74) is -2.20. The minimum Gasteiger partial charge on any atom is -0.467 e. The third-order valence-corrected chi connectivity index (χ3v) is 2.84. The molecule has 0 aliphatic carbocycles. The first-order chi connectivity index (χ1) is 7.85. The number of esters is 1. The van der Waals surface area contributed by atoms with Crippen molar-refractivity contribution in [2.24, 2.45) is 0 Å². The molecule has 7 heteroatoms. The number of aliphatic hydroxyl groups excluding tert-OH is 1. The van der Waals surface area contributed by atoms with Crippen LogP contribution in [0.5, 0.6) is 0 Å². The molecule has 0 amide bonds. The lowest BCUT2D eigenvalue weighted by Gasteiger charge is -2.34. The van der Waals surface area contributed by atoms with Gasteiger partial charge in [-0.15, -0.1) is 0 Å². The van der Waals surface area contributed by atoms with E-state index in [9.17, 15) is 19.8 Å². The van der Waals surface area contributed by atoms with E-state index in [0.717, 1.165) is 14.0 Å². The van der Waals surface area contributed by atoms with Gasteiger partial charge in [-0.1, -0.05) is 0 Å². The maximum atomic E-state index is 11.5. The smallest absolute Gasteiger partial charge is 0.337 e. The highest BCUT2D eigenvalue weighted by atomic mass is 16.7. The van der Waals surface area contributed by atoms with Crippen molar-refractivity contribution >= 4 is 11.8 Å². The van der Waals surface area contributed by atoms with Crippen LogP contribution in [0.2, 0.25) is 0 Å². The average molecular weight is 248 g/mol. The molecule has 0 aromatic heterocycles. The van der Waals surface area contributed by atoms with E-state index in [2.05, 4.69) is 4.74 Å². The Morgan fingerprint density at radius 3 is 2.47 bits per heavy atom. The zero-order chi connectivity index (χ0) is 13.2. The molecule has 0 radical (unpaired) electrons. The fraction of sp³-hybridized carbons (Fsp3) is 0.800. The van der Waals surface area contributed by atoms with Gasteiger partial charge in [-0.2, -0.15) is 0 Å². The van der Waals surface area contributed by atoms with E-state index in [1.165, 1.54) is 6.92 Å². The van der Waals surface area contributed by atoms with Gasteiger partial charge >= 0.3 is 5.97 Å². The Labute approximate surface area is 98.3 Å². The summed E-state index contributed by atoms with van der Waals surface area (Å²) in [5.74, 6) is -1.48. The molecule has 4 atom stereocenters. The summed E-state index contributed by atoms with van der Waals surface area (Å²) < 4.78 is 14.4. The van der Waals surface area contributed by atoms with Crippen molar-refractivity contribution in [3.05, 3.63) is 0 Å². The second-order valence-corrected chi connectivity index (χ2v) is 3.87. The van der Waals surface area contributed by atoms with E-state index in [4.69, 9.17) is 9.47 Å². The van der Waals surface area contributed by atoms with E-state index in [1.54, 1.807) is 0 Å². The molecule has 1 aliphatic heterocycles. The zero-order valence-corrected chi connectivity index (χ0v) is 9.87. The summed E-state index contributed by atoms with van der Waals surface area (Å²) in [7, 11) is 1.15. The van der Waals surface area contributed by atoms with Crippen molar-refractivity contribution in [3.63, 3.8) is 0 Å². The van der Waals surface area contributed by atoms with Gasteiger partial charge < -0.3 is 24.4 Å². The molecule has 0 aromatic rings. The van der Waals surface area contributed by atoms with Gasteiger partial charge in [0.05, 0.1) is 13.2 Å². The molecule has 17 heavy (non-hydrogen) atoms. The monoisotopic (exact) mass is 248 g/mol. The number of hydrogen-bond donors (Lipinski definition) is 2. The summed E-state index contributed by atoms with van der Waals surface area (Å²) in [4.78, 5) is 22.8. The molecule has 1 aliphatic rings.